The van der Waals surface area contributed by atoms with E-state index in [0.29, 0.717) is 22.3 Å². The summed E-state index contributed by atoms with van der Waals surface area (Å²) in [5.74, 6) is 10.2. The molecule has 0 amide bonds. The Kier molecular flexibility index (Phi) is 5.05. The van der Waals surface area contributed by atoms with Gasteiger partial charge < -0.3 is 9.47 Å². The average molecular weight is 567 g/mol. The number of ether oxygens (including phenoxy) is 2. The van der Waals surface area contributed by atoms with E-state index in [1.54, 1.807) is 38.5 Å². The van der Waals surface area contributed by atoms with Gasteiger partial charge in [-0.25, -0.2) is 0 Å². The minimum Gasteiger partial charge on any atom is -0.488 e. The van der Waals surface area contributed by atoms with Gasteiger partial charge in [0.25, 0.3) is 0 Å². The predicted octanol–water partition coefficient (Wildman–Crippen LogP) is 9.26. The summed E-state index contributed by atoms with van der Waals surface area (Å²) in [4.78, 5) is 0. The first-order chi connectivity index (χ1) is 20.4. The Bertz CT molecular complexity index is 1190. The van der Waals surface area contributed by atoms with E-state index in [4.69, 9.17) is 9.47 Å². The Balaban J connectivity index is 1.16. The van der Waals surface area contributed by atoms with Crippen LogP contribution in [0.1, 0.15) is 139 Å². The Morgan fingerprint density at radius 3 is 1.29 bits per heavy atom. The van der Waals surface area contributed by atoms with Gasteiger partial charge in [-0.3, -0.25) is 0 Å². The van der Waals surface area contributed by atoms with E-state index in [1.165, 1.54) is 82.8 Å². The summed E-state index contributed by atoms with van der Waals surface area (Å²) in [6.07, 6.45) is 27.8. The smallest absolute Gasteiger partial charge is 0.124 e. The standard InChI is InChI=1S/C40H54O2/c1-23(35-22-41-35)42-34-3-2-33(38-13-24-4-25(14-38)6-26(5-24)15-38)36(39-16-27-7-28(17-39)9-29(8-27)18-39)37(34)40-19-30-10-31(20-40)12-32(11-30)21-40/h2-3,23-32,35H,4-22H2,1H3. The summed E-state index contributed by atoms with van der Waals surface area (Å²) < 4.78 is 13.0. The van der Waals surface area contributed by atoms with E-state index in [1.807, 2.05) is 16.7 Å². The maximum atomic E-state index is 7.21. The highest BCUT2D eigenvalue weighted by Gasteiger charge is 2.61. The number of epoxide rings is 1. The van der Waals surface area contributed by atoms with Crippen molar-refractivity contribution < 1.29 is 9.47 Å². The molecule has 12 saturated carbocycles. The van der Waals surface area contributed by atoms with Crippen LogP contribution in [-0.4, -0.2) is 18.8 Å². The summed E-state index contributed by atoms with van der Waals surface area (Å²) in [7, 11) is 0. The molecular formula is C40H54O2. The number of benzene rings is 1. The van der Waals surface area contributed by atoms with Crippen LogP contribution in [-0.2, 0) is 21.0 Å². The van der Waals surface area contributed by atoms with Crippen LogP contribution < -0.4 is 4.74 Å². The molecule has 2 nitrogen and oxygen atoms in total. The molecule has 1 aliphatic heterocycles. The lowest BCUT2D eigenvalue weighted by atomic mass is 9.41. The van der Waals surface area contributed by atoms with Gasteiger partial charge in [0.05, 0.1) is 6.61 Å². The van der Waals surface area contributed by atoms with E-state index >= 15 is 0 Å². The quantitative estimate of drug-likeness (QED) is 0.320. The van der Waals surface area contributed by atoms with Gasteiger partial charge in [-0.2, -0.15) is 0 Å². The molecule has 13 aliphatic rings. The zero-order chi connectivity index (χ0) is 27.4. The van der Waals surface area contributed by atoms with Crippen LogP contribution in [0.15, 0.2) is 12.1 Å². The van der Waals surface area contributed by atoms with Gasteiger partial charge in [-0.05, 0) is 204 Å². The van der Waals surface area contributed by atoms with Crippen LogP contribution in [0.25, 0.3) is 0 Å². The van der Waals surface area contributed by atoms with Crippen molar-refractivity contribution in [3.8, 4) is 5.75 Å². The second-order valence-corrected chi connectivity index (χ2v) is 19.1. The highest BCUT2D eigenvalue weighted by Crippen LogP contribution is 2.70. The highest BCUT2D eigenvalue weighted by atomic mass is 16.6. The molecule has 13 fully saturated rings. The molecule has 12 bridgehead atoms. The summed E-state index contributed by atoms with van der Waals surface area (Å²) in [6, 6.07) is 5.31. The molecule has 1 saturated heterocycles. The summed E-state index contributed by atoms with van der Waals surface area (Å²) in [5.41, 5.74) is 7.01. The molecule has 2 heteroatoms. The first kappa shape index (κ1) is 25.2. The minimum atomic E-state index is 0.173. The van der Waals surface area contributed by atoms with Gasteiger partial charge in [-0.15, -0.1) is 0 Å². The fraction of sp³-hybridized carbons (Fsp3) is 0.850. The van der Waals surface area contributed by atoms with Crippen molar-refractivity contribution in [2.24, 2.45) is 53.3 Å². The van der Waals surface area contributed by atoms with Crippen molar-refractivity contribution in [1.29, 1.82) is 0 Å². The molecule has 226 valence electrons. The van der Waals surface area contributed by atoms with Gasteiger partial charge in [0.1, 0.15) is 18.0 Å². The third kappa shape index (κ3) is 3.54. The van der Waals surface area contributed by atoms with Gasteiger partial charge in [-0.1, -0.05) is 6.07 Å². The van der Waals surface area contributed by atoms with Crippen LogP contribution in [0.5, 0.6) is 5.75 Å². The summed E-state index contributed by atoms with van der Waals surface area (Å²) >= 11 is 0. The maximum Gasteiger partial charge on any atom is 0.124 e. The van der Waals surface area contributed by atoms with Crippen molar-refractivity contribution in [3.63, 3.8) is 0 Å². The molecule has 1 aromatic carbocycles. The molecule has 2 unspecified atom stereocenters. The lowest BCUT2D eigenvalue weighted by molar-refractivity contribution is -0.0254. The molecule has 2 atom stereocenters. The largest absolute Gasteiger partial charge is 0.488 e. The Morgan fingerprint density at radius 1 is 0.548 bits per heavy atom. The third-order valence-corrected chi connectivity index (χ3v) is 16.1. The first-order valence-corrected chi connectivity index (χ1v) is 18.9. The van der Waals surface area contributed by atoms with Crippen LogP contribution in [0.4, 0.5) is 0 Å². The third-order valence-electron chi connectivity index (χ3n) is 16.1. The molecule has 0 radical (unpaired) electrons. The molecule has 42 heavy (non-hydrogen) atoms. The predicted molar refractivity (Wildman–Crippen MR) is 166 cm³/mol. The van der Waals surface area contributed by atoms with E-state index in [9.17, 15) is 0 Å². The molecule has 1 aromatic rings. The minimum absolute atomic E-state index is 0.173. The van der Waals surface area contributed by atoms with Gasteiger partial charge >= 0.3 is 0 Å². The van der Waals surface area contributed by atoms with Gasteiger partial charge in [0.2, 0.25) is 0 Å². The topological polar surface area (TPSA) is 21.8 Å². The van der Waals surface area contributed by atoms with Gasteiger partial charge in [0.15, 0.2) is 0 Å². The Hall–Kier alpha value is -1.02. The molecular weight excluding hydrogens is 512 g/mol. The Morgan fingerprint density at radius 2 is 0.905 bits per heavy atom. The van der Waals surface area contributed by atoms with Crippen molar-refractivity contribution in [3.05, 3.63) is 28.8 Å². The van der Waals surface area contributed by atoms with Crippen molar-refractivity contribution in [2.45, 2.75) is 151 Å². The first-order valence-electron chi connectivity index (χ1n) is 18.9. The zero-order valence-corrected chi connectivity index (χ0v) is 26.3. The molecule has 1 heterocycles. The SMILES string of the molecule is CC(Oc1ccc(C23CC4CC(CC(C4)C2)C3)c(C23CC4CC(CC(C4)C2)C3)c1C12CC3CC(CC(C3)C1)C2)C1CO1. The molecule has 14 rings (SSSR count). The van der Waals surface area contributed by atoms with Gasteiger partial charge in [0, 0.05) is 11.0 Å². The van der Waals surface area contributed by atoms with E-state index in [-0.39, 0.29) is 6.10 Å². The molecule has 0 aromatic heterocycles. The zero-order valence-electron chi connectivity index (χ0n) is 26.3. The van der Waals surface area contributed by atoms with Crippen LogP contribution in [0.2, 0.25) is 0 Å². The van der Waals surface area contributed by atoms with Crippen molar-refractivity contribution >= 4 is 0 Å². The van der Waals surface area contributed by atoms with E-state index in [0.717, 1.165) is 59.9 Å². The fourth-order valence-electron chi connectivity index (χ4n) is 16.1. The average Bonchev–Trinajstić information content (AvgIpc) is 3.76. The number of hydrogen-bond acceptors (Lipinski definition) is 2. The molecule has 0 spiro atoms. The van der Waals surface area contributed by atoms with Crippen LogP contribution in [0.3, 0.4) is 0 Å². The van der Waals surface area contributed by atoms with E-state index < -0.39 is 0 Å². The van der Waals surface area contributed by atoms with Crippen molar-refractivity contribution in [1.82, 2.24) is 0 Å². The second kappa shape index (κ2) is 8.41. The summed E-state index contributed by atoms with van der Waals surface area (Å²) in [6.45, 7) is 3.19. The van der Waals surface area contributed by atoms with E-state index in [2.05, 4.69) is 19.1 Å². The fourth-order valence-corrected chi connectivity index (χ4v) is 16.1. The molecule has 0 N–H and O–H groups in total. The maximum absolute atomic E-state index is 7.21. The summed E-state index contributed by atoms with van der Waals surface area (Å²) in [5, 5.41) is 0. The lowest BCUT2D eigenvalue weighted by Crippen LogP contribution is -2.55. The van der Waals surface area contributed by atoms with Crippen LogP contribution in [0, 0.1) is 53.3 Å². The second-order valence-electron chi connectivity index (χ2n) is 19.1. The normalized spacial score (nSPS) is 54.5. The molecule has 12 aliphatic carbocycles. The Labute approximate surface area is 254 Å². The van der Waals surface area contributed by atoms with Crippen molar-refractivity contribution in [2.75, 3.05) is 6.61 Å². The number of hydrogen-bond donors (Lipinski definition) is 0. The highest BCUT2D eigenvalue weighted by molar-refractivity contribution is 5.58. The van der Waals surface area contributed by atoms with Crippen LogP contribution >= 0.6 is 0 Å². The lowest BCUT2D eigenvalue weighted by Gasteiger charge is -2.63. The number of rotatable bonds is 6. The monoisotopic (exact) mass is 566 g/mol.